The molecule has 0 spiro atoms. The minimum Gasteiger partial charge on any atom is -0.494 e. The van der Waals surface area contributed by atoms with Crippen molar-refractivity contribution in [1.82, 2.24) is 24.3 Å². The number of ether oxygens (including phenoxy) is 1. The van der Waals surface area contributed by atoms with Gasteiger partial charge in [-0.3, -0.25) is 13.9 Å². The van der Waals surface area contributed by atoms with Crippen LogP contribution in [0.3, 0.4) is 0 Å². The number of aryl methyl sites for hydroxylation is 1. The van der Waals surface area contributed by atoms with Gasteiger partial charge in [-0.25, -0.2) is 9.78 Å². The molecule has 12 heteroatoms. The number of pyridine rings is 1. The van der Waals surface area contributed by atoms with Crippen LogP contribution >= 0.6 is 0 Å². The second-order valence-electron chi connectivity index (χ2n) is 6.77. The number of nitrogens with zero attached hydrogens (tertiary/aromatic N) is 5. The first-order valence-corrected chi connectivity index (χ1v) is 9.42. The van der Waals surface area contributed by atoms with Gasteiger partial charge in [0.05, 0.1) is 12.0 Å². The molecule has 0 saturated carbocycles. The van der Waals surface area contributed by atoms with E-state index >= 15 is 0 Å². The molecular weight excluding hydrogens is 431 g/mol. The van der Waals surface area contributed by atoms with Crippen molar-refractivity contribution in [3.63, 3.8) is 0 Å². The number of hydrogen-bond donors (Lipinski definition) is 0. The van der Waals surface area contributed by atoms with E-state index in [0.29, 0.717) is 24.0 Å². The largest absolute Gasteiger partial charge is 0.494 e. The summed E-state index contributed by atoms with van der Waals surface area (Å²) >= 11 is 0. The molecule has 9 nitrogen and oxygen atoms in total. The number of alkyl halides is 3. The summed E-state index contributed by atoms with van der Waals surface area (Å²) in [6.45, 7) is 2.03. The number of hydrogen-bond acceptors (Lipinski definition) is 7. The van der Waals surface area contributed by atoms with Gasteiger partial charge in [-0.2, -0.15) is 18.2 Å². The van der Waals surface area contributed by atoms with Gasteiger partial charge in [0.1, 0.15) is 23.6 Å². The molecule has 0 aliphatic heterocycles. The highest BCUT2D eigenvalue weighted by Gasteiger charge is 2.33. The Morgan fingerprint density at radius 1 is 1.06 bits per heavy atom. The fraction of sp³-hybridized carbons (Fsp3) is 0.250. The highest BCUT2D eigenvalue weighted by molar-refractivity contribution is 5.74. The van der Waals surface area contributed by atoms with E-state index in [0.717, 1.165) is 15.2 Å². The average molecular weight is 447 g/mol. The minimum absolute atomic E-state index is 0.0210. The third-order valence-electron chi connectivity index (χ3n) is 4.66. The van der Waals surface area contributed by atoms with Crippen molar-refractivity contribution in [1.29, 1.82) is 0 Å². The second kappa shape index (κ2) is 7.94. The van der Waals surface area contributed by atoms with Gasteiger partial charge in [-0.15, -0.1) is 0 Å². The molecule has 0 atom stereocenters. The standard InChI is InChI=1S/C20H16F3N5O4/c1-3-31-12-6-4-11(5-7-12)16-25-15(32-26-16)10-28-18(29)13-8-9-14(20(21,22)23)24-17(13)27(2)19(28)30/h4-9H,3,10H2,1-2H3. The number of fused-ring (bicyclic) bond motifs is 1. The smallest absolute Gasteiger partial charge is 0.433 e. The highest BCUT2D eigenvalue weighted by Crippen LogP contribution is 2.28. The van der Waals surface area contributed by atoms with E-state index in [4.69, 9.17) is 9.26 Å². The van der Waals surface area contributed by atoms with Gasteiger partial charge in [-0.05, 0) is 43.3 Å². The zero-order valence-electron chi connectivity index (χ0n) is 16.9. The molecule has 1 aromatic carbocycles. The molecule has 3 heterocycles. The zero-order chi connectivity index (χ0) is 23.0. The lowest BCUT2D eigenvalue weighted by Gasteiger charge is -2.11. The molecule has 0 N–H and O–H groups in total. The SMILES string of the molecule is CCOc1ccc(-c2noc(Cn3c(=O)c4ccc(C(F)(F)F)nc4n(C)c3=O)n2)cc1. The normalized spacial score (nSPS) is 11.8. The Hall–Kier alpha value is -3.96. The lowest BCUT2D eigenvalue weighted by molar-refractivity contribution is -0.141. The van der Waals surface area contributed by atoms with E-state index in [1.165, 1.54) is 7.05 Å². The van der Waals surface area contributed by atoms with Crippen LogP contribution in [0.1, 0.15) is 18.5 Å². The summed E-state index contributed by atoms with van der Waals surface area (Å²) in [5.41, 5.74) is -2.62. The Morgan fingerprint density at radius 3 is 2.44 bits per heavy atom. The lowest BCUT2D eigenvalue weighted by Crippen LogP contribution is -2.39. The Bertz CT molecular complexity index is 1400. The first kappa shape index (κ1) is 21.3. The molecule has 0 bridgehead atoms. The molecule has 0 fully saturated rings. The average Bonchev–Trinajstić information content (AvgIpc) is 3.23. The summed E-state index contributed by atoms with van der Waals surface area (Å²) in [7, 11) is 1.23. The van der Waals surface area contributed by atoms with Gasteiger partial charge in [-0.1, -0.05) is 5.16 Å². The van der Waals surface area contributed by atoms with Gasteiger partial charge in [0.15, 0.2) is 0 Å². The lowest BCUT2D eigenvalue weighted by atomic mass is 10.2. The highest BCUT2D eigenvalue weighted by atomic mass is 19.4. The monoisotopic (exact) mass is 447 g/mol. The van der Waals surface area contributed by atoms with Crippen LogP contribution in [0, 0.1) is 0 Å². The Balaban J connectivity index is 1.69. The minimum atomic E-state index is -4.71. The summed E-state index contributed by atoms with van der Waals surface area (Å²) < 4.78 is 51.1. The first-order chi connectivity index (χ1) is 15.2. The van der Waals surface area contributed by atoms with E-state index < -0.39 is 23.1 Å². The van der Waals surface area contributed by atoms with Crippen LogP contribution in [0.5, 0.6) is 5.75 Å². The van der Waals surface area contributed by atoms with Gasteiger partial charge in [0.25, 0.3) is 5.56 Å². The van der Waals surface area contributed by atoms with E-state index in [9.17, 15) is 22.8 Å². The fourth-order valence-electron chi connectivity index (χ4n) is 3.11. The Morgan fingerprint density at radius 2 is 1.78 bits per heavy atom. The Labute approximate surface area is 177 Å². The first-order valence-electron chi connectivity index (χ1n) is 9.42. The van der Waals surface area contributed by atoms with Crippen LogP contribution < -0.4 is 16.0 Å². The van der Waals surface area contributed by atoms with Crippen molar-refractivity contribution in [2.75, 3.05) is 6.61 Å². The van der Waals surface area contributed by atoms with Crippen LogP contribution in [0.4, 0.5) is 13.2 Å². The maximum atomic E-state index is 13.0. The van der Waals surface area contributed by atoms with Crippen molar-refractivity contribution >= 4 is 11.0 Å². The number of halogens is 3. The molecular formula is C20H16F3N5O4. The van der Waals surface area contributed by atoms with Crippen molar-refractivity contribution in [2.24, 2.45) is 7.05 Å². The molecule has 0 aliphatic rings. The summed E-state index contributed by atoms with van der Waals surface area (Å²) in [6, 6.07) is 8.61. The van der Waals surface area contributed by atoms with E-state index in [-0.39, 0.29) is 29.3 Å². The molecule has 0 amide bonds. The molecule has 166 valence electrons. The fourth-order valence-corrected chi connectivity index (χ4v) is 3.11. The predicted molar refractivity (Wildman–Crippen MR) is 106 cm³/mol. The Kier molecular flexibility index (Phi) is 5.28. The van der Waals surface area contributed by atoms with Gasteiger partial charge < -0.3 is 9.26 Å². The number of benzene rings is 1. The number of rotatable bonds is 5. The molecule has 32 heavy (non-hydrogen) atoms. The molecule has 4 aromatic rings. The maximum Gasteiger partial charge on any atom is 0.433 e. The van der Waals surface area contributed by atoms with Crippen LogP contribution in [-0.2, 0) is 19.8 Å². The van der Waals surface area contributed by atoms with Crippen LogP contribution in [0.2, 0.25) is 0 Å². The number of aromatic nitrogens is 5. The molecule has 3 aromatic heterocycles. The summed E-state index contributed by atoms with van der Waals surface area (Å²) in [5.74, 6) is 0.894. The van der Waals surface area contributed by atoms with Crippen molar-refractivity contribution in [3.05, 3.63) is 68.8 Å². The summed E-state index contributed by atoms with van der Waals surface area (Å²) in [5, 5.41) is 3.71. The third-order valence-corrected chi connectivity index (χ3v) is 4.66. The molecule has 0 radical (unpaired) electrons. The molecule has 0 unspecified atom stereocenters. The molecule has 0 aliphatic carbocycles. The topological polar surface area (TPSA) is 105 Å². The van der Waals surface area contributed by atoms with Crippen LogP contribution in [0.15, 0.2) is 50.5 Å². The van der Waals surface area contributed by atoms with Crippen LogP contribution in [0.25, 0.3) is 22.4 Å². The van der Waals surface area contributed by atoms with Gasteiger partial charge in [0.2, 0.25) is 11.7 Å². The second-order valence-corrected chi connectivity index (χ2v) is 6.77. The van der Waals surface area contributed by atoms with E-state index in [1.807, 2.05) is 6.92 Å². The zero-order valence-corrected chi connectivity index (χ0v) is 16.9. The summed E-state index contributed by atoms with van der Waals surface area (Å²) in [4.78, 5) is 33.1. The third kappa shape index (κ3) is 3.86. The maximum absolute atomic E-state index is 13.0. The predicted octanol–water partition coefficient (Wildman–Crippen LogP) is 2.61. The van der Waals surface area contributed by atoms with E-state index in [1.54, 1.807) is 24.3 Å². The van der Waals surface area contributed by atoms with Crippen molar-refractivity contribution in [2.45, 2.75) is 19.6 Å². The van der Waals surface area contributed by atoms with Gasteiger partial charge in [0, 0.05) is 12.6 Å². The quantitative estimate of drug-likeness (QED) is 0.463. The molecule has 4 rings (SSSR count). The van der Waals surface area contributed by atoms with E-state index in [2.05, 4.69) is 15.1 Å². The van der Waals surface area contributed by atoms with Crippen LogP contribution in [-0.4, -0.2) is 30.9 Å². The summed E-state index contributed by atoms with van der Waals surface area (Å²) in [6.07, 6.45) is -4.71. The van der Waals surface area contributed by atoms with Crippen molar-refractivity contribution in [3.8, 4) is 17.1 Å². The van der Waals surface area contributed by atoms with Crippen molar-refractivity contribution < 1.29 is 22.4 Å². The molecule has 0 saturated heterocycles. The van der Waals surface area contributed by atoms with Gasteiger partial charge >= 0.3 is 11.9 Å².